The van der Waals surface area contributed by atoms with Crippen LogP contribution >= 0.6 is 11.6 Å². The van der Waals surface area contributed by atoms with Gasteiger partial charge in [0.15, 0.2) is 11.4 Å². The minimum Gasteiger partial charge on any atom is -0.465 e. The summed E-state index contributed by atoms with van der Waals surface area (Å²) in [4.78, 5) is 22.8. The first-order chi connectivity index (χ1) is 10.1. The van der Waals surface area contributed by atoms with Crippen LogP contribution in [0.1, 0.15) is 12.8 Å². The quantitative estimate of drug-likeness (QED) is 0.858. The Labute approximate surface area is 126 Å². The molecule has 0 saturated carbocycles. The van der Waals surface area contributed by atoms with Crippen molar-refractivity contribution in [3.05, 3.63) is 17.6 Å². The molecule has 1 aliphatic heterocycles. The molecule has 2 aromatic heterocycles. The van der Waals surface area contributed by atoms with Crippen LogP contribution in [0.2, 0.25) is 5.28 Å². The number of furan rings is 1. The molecule has 3 heterocycles. The SMILES string of the molecule is CN(C(=O)O)C1CCN(c2nc(Cl)nc3ccoc23)CC1. The minimum absolute atomic E-state index is 0.0307. The zero-order valence-electron chi connectivity index (χ0n) is 11.5. The van der Waals surface area contributed by atoms with Gasteiger partial charge in [0.1, 0.15) is 5.52 Å². The summed E-state index contributed by atoms with van der Waals surface area (Å²) in [6.45, 7) is 1.40. The molecular weight excluding hydrogens is 296 g/mol. The standard InChI is InChI=1S/C13H15ClN4O3/c1-17(13(19)20)8-2-5-18(6-3-8)11-10-9(4-7-21-10)15-12(14)16-11/h4,7-8H,2-3,5-6H2,1H3,(H,19,20). The Bertz CT molecular complexity index is 666. The van der Waals surface area contributed by atoms with Gasteiger partial charge in [-0.05, 0) is 24.4 Å². The van der Waals surface area contributed by atoms with Crippen molar-refractivity contribution >= 4 is 34.6 Å². The van der Waals surface area contributed by atoms with Crippen molar-refractivity contribution in [1.29, 1.82) is 0 Å². The van der Waals surface area contributed by atoms with Gasteiger partial charge in [-0.15, -0.1) is 0 Å². The number of carboxylic acid groups (broad SMARTS) is 1. The number of hydrogen-bond donors (Lipinski definition) is 1. The number of rotatable bonds is 2. The van der Waals surface area contributed by atoms with Crippen LogP contribution in [0.5, 0.6) is 0 Å². The van der Waals surface area contributed by atoms with Crippen LogP contribution < -0.4 is 4.90 Å². The molecule has 1 saturated heterocycles. The maximum absolute atomic E-state index is 11.0. The third kappa shape index (κ3) is 2.61. The van der Waals surface area contributed by atoms with E-state index in [9.17, 15) is 4.79 Å². The van der Waals surface area contributed by atoms with Crippen LogP contribution in [0.3, 0.4) is 0 Å². The van der Waals surface area contributed by atoms with Gasteiger partial charge in [-0.1, -0.05) is 0 Å². The largest absolute Gasteiger partial charge is 0.465 e. The lowest BCUT2D eigenvalue weighted by molar-refractivity contribution is 0.131. The molecule has 0 aliphatic carbocycles. The molecule has 0 bridgehead atoms. The average molecular weight is 311 g/mol. The lowest BCUT2D eigenvalue weighted by atomic mass is 10.0. The highest BCUT2D eigenvalue weighted by molar-refractivity contribution is 6.28. The highest BCUT2D eigenvalue weighted by atomic mass is 35.5. The summed E-state index contributed by atoms with van der Waals surface area (Å²) in [7, 11) is 1.61. The van der Waals surface area contributed by atoms with Gasteiger partial charge in [0.25, 0.3) is 0 Å². The van der Waals surface area contributed by atoms with Gasteiger partial charge in [-0.3, -0.25) is 0 Å². The van der Waals surface area contributed by atoms with E-state index in [1.807, 2.05) is 0 Å². The molecule has 1 amide bonds. The Hall–Kier alpha value is -2.02. The molecule has 21 heavy (non-hydrogen) atoms. The van der Waals surface area contributed by atoms with E-state index in [2.05, 4.69) is 14.9 Å². The van der Waals surface area contributed by atoms with Gasteiger partial charge < -0.3 is 19.3 Å². The summed E-state index contributed by atoms with van der Waals surface area (Å²) in [5.74, 6) is 0.673. The Morgan fingerprint density at radius 1 is 1.48 bits per heavy atom. The number of anilines is 1. The summed E-state index contributed by atoms with van der Waals surface area (Å²) >= 11 is 5.94. The molecular formula is C13H15ClN4O3. The van der Waals surface area contributed by atoms with Gasteiger partial charge in [0.2, 0.25) is 5.28 Å². The predicted molar refractivity (Wildman–Crippen MR) is 77.8 cm³/mol. The first kappa shape index (κ1) is 13.9. The Kier molecular flexibility index (Phi) is 3.59. The number of nitrogens with zero attached hydrogens (tertiary/aromatic N) is 4. The molecule has 0 unspecified atom stereocenters. The smallest absolute Gasteiger partial charge is 0.407 e. The highest BCUT2D eigenvalue weighted by Crippen LogP contribution is 2.29. The van der Waals surface area contributed by atoms with Gasteiger partial charge in [-0.2, -0.15) is 4.98 Å². The van der Waals surface area contributed by atoms with Crippen LogP contribution in [0.4, 0.5) is 10.6 Å². The fourth-order valence-electron chi connectivity index (χ4n) is 2.66. The second kappa shape index (κ2) is 5.40. The lowest BCUT2D eigenvalue weighted by Gasteiger charge is -2.36. The summed E-state index contributed by atoms with van der Waals surface area (Å²) in [6.07, 6.45) is 2.15. The maximum atomic E-state index is 11.0. The van der Waals surface area contributed by atoms with E-state index >= 15 is 0 Å². The van der Waals surface area contributed by atoms with Crippen molar-refractivity contribution in [2.24, 2.45) is 0 Å². The van der Waals surface area contributed by atoms with E-state index in [1.165, 1.54) is 4.90 Å². The Balaban J connectivity index is 1.80. The van der Waals surface area contributed by atoms with Crippen LogP contribution in [0, 0.1) is 0 Å². The topological polar surface area (TPSA) is 82.7 Å². The summed E-state index contributed by atoms with van der Waals surface area (Å²) in [6, 6.07) is 1.78. The number of fused-ring (bicyclic) bond motifs is 1. The van der Waals surface area contributed by atoms with E-state index in [1.54, 1.807) is 19.4 Å². The molecule has 0 radical (unpaired) electrons. The molecule has 0 spiro atoms. The molecule has 1 aliphatic rings. The number of halogens is 1. The monoisotopic (exact) mass is 310 g/mol. The molecule has 3 rings (SSSR count). The van der Waals surface area contributed by atoms with E-state index in [-0.39, 0.29) is 11.3 Å². The zero-order valence-corrected chi connectivity index (χ0v) is 12.2. The first-order valence-electron chi connectivity index (χ1n) is 6.67. The molecule has 2 aromatic rings. The maximum Gasteiger partial charge on any atom is 0.407 e. The third-order valence-electron chi connectivity index (χ3n) is 3.87. The average Bonchev–Trinajstić information content (AvgIpc) is 2.93. The predicted octanol–water partition coefficient (Wildman–Crippen LogP) is 2.45. The van der Waals surface area contributed by atoms with Crippen molar-refractivity contribution in [2.75, 3.05) is 25.0 Å². The number of hydrogen-bond acceptors (Lipinski definition) is 5. The first-order valence-corrected chi connectivity index (χ1v) is 7.05. The normalized spacial score (nSPS) is 16.4. The number of piperidine rings is 1. The van der Waals surface area contributed by atoms with Crippen molar-refractivity contribution in [1.82, 2.24) is 14.9 Å². The van der Waals surface area contributed by atoms with Crippen LogP contribution in [0.15, 0.2) is 16.7 Å². The molecule has 1 fully saturated rings. The van der Waals surface area contributed by atoms with E-state index < -0.39 is 6.09 Å². The fourth-order valence-corrected chi connectivity index (χ4v) is 2.83. The van der Waals surface area contributed by atoms with Crippen LogP contribution in [0.25, 0.3) is 11.1 Å². The summed E-state index contributed by atoms with van der Waals surface area (Å²) in [5, 5.41) is 9.21. The number of aromatic nitrogens is 2. The van der Waals surface area contributed by atoms with E-state index in [0.717, 1.165) is 12.8 Å². The van der Waals surface area contributed by atoms with E-state index in [0.29, 0.717) is 30.0 Å². The highest BCUT2D eigenvalue weighted by Gasteiger charge is 2.27. The zero-order chi connectivity index (χ0) is 15.0. The van der Waals surface area contributed by atoms with Gasteiger partial charge in [0.05, 0.1) is 6.26 Å². The lowest BCUT2D eigenvalue weighted by Crippen LogP contribution is -2.45. The van der Waals surface area contributed by atoms with Crippen molar-refractivity contribution in [2.45, 2.75) is 18.9 Å². The molecule has 8 heteroatoms. The fraction of sp³-hybridized carbons (Fsp3) is 0.462. The van der Waals surface area contributed by atoms with Gasteiger partial charge in [0, 0.05) is 32.2 Å². The van der Waals surface area contributed by atoms with Gasteiger partial charge >= 0.3 is 6.09 Å². The second-order valence-electron chi connectivity index (χ2n) is 5.06. The van der Waals surface area contributed by atoms with E-state index in [4.69, 9.17) is 21.1 Å². The van der Waals surface area contributed by atoms with Gasteiger partial charge in [-0.25, -0.2) is 9.78 Å². The summed E-state index contributed by atoms with van der Waals surface area (Å²) < 4.78 is 5.44. The van der Waals surface area contributed by atoms with Crippen LogP contribution in [-0.4, -0.2) is 52.2 Å². The van der Waals surface area contributed by atoms with Crippen molar-refractivity contribution in [3.8, 4) is 0 Å². The number of carbonyl (C=O) groups is 1. The molecule has 1 N–H and O–H groups in total. The molecule has 0 atom stereocenters. The minimum atomic E-state index is -0.896. The second-order valence-corrected chi connectivity index (χ2v) is 5.40. The molecule has 112 valence electrons. The Morgan fingerprint density at radius 3 is 2.86 bits per heavy atom. The number of amides is 1. The summed E-state index contributed by atoms with van der Waals surface area (Å²) in [5.41, 5.74) is 1.29. The molecule has 0 aromatic carbocycles. The third-order valence-corrected chi connectivity index (χ3v) is 4.04. The van der Waals surface area contributed by atoms with Crippen molar-refractivity contribution in [3.63, 3.8) is 0 Å². The van der Waals surface area contributed by atoms with Crippen molar-refractivity contribution < 1.29 is 14.3 Å². The van der Waals surface area contributed by atoms with Crippen LogP contribution in [-0.2, 0) is 0 Å². The molecule has 7 nitrogen and oxygen atoms in total. The Morgan fingerprint density at radius 2 is 2.19 bits per heavy atom.